The highest BCUT2D eigenvalue weighted by Crippen LogP contribution is 2.32. The van der Waals surface area contributed by atoms with Gasteiger partial charge in [0.15, 0.2) is 0 Å². The molecule has 1 N–H and O–H groups in total. The summed E-state index contributed by atoms with van der Waals surface area (Å²) in [6.07, 6.45) is 0.211. The number of aryl methyl sites for hydroxylation is 2. The molecule has 1 saturated heterocycles. The third kappa shape index (κ3) is 3.64. The van der Waals surface area contributed by atoms with Crippen LogP contribution in [-0.2, 0) is 9.59 Å². The van der Waals surface area contributed by atoms with Gasteiger partial charge in [-0.3, -0.25) is 9.59 Å². The summed E-state index contributed by atoms with van der Waals surface area (Å²) >= 11 is 9.50. The third-order valence-electron chi connectivity index (χ3n) is 4.89. The number of amides is 2. The molecule has 0 saturated carbocycles. The van der Waals surface area contributed by atoms with E-state index in [0.717, 1.165) is 26.9 Å². The van der Waals surface area contributed by atoms with Crippen LogP contribution in [0.4, 0.5) is 11.4 Å². The minimum atomic E-state index is -0.385. The smallest absolute Gasteiger partial charge is 0.229 e. The fraction of sp³-hybridized carbons (Fsp3) is 0.300. The molecule has 136 valence electrons. The molecule has 2 aromatic carbocycles. The molecule has 3 rings (SSSR count). The van der Waals surface area contributed by atoms with Crippen LogP contribution in [0, 0.1) is 26.7 Å². The Morgan fingerprint density at radius 1 is 1.23 bits per heavy atom. The van der Waals surface area contributed by atoms with E-state index in [0.29, 0.717) is 17.3 Å². The van der Waals surface area contributed by atoms with Gasteiger partial charge >= 0.3 is 0 Å². The number of carbonyl (C=O) groups is 2. The van der Waals surface area contributed by atoms with Gasteiger partial charge in [0.1, 0.15) is 0 Å². The second-order valence-electron chi connectivity index (χ2n) is 6.69. The predicted octanol–water partition coefficient (Wildman–Crippen LogP) is 5.02. The summed E-state index contributed by atoms with van der Waals surface area (Å²) < 4.78 is 0.784. The summed E-state index contributed by atoms with van der Waals surface area (Å²) in [6, 6.07) is 9.46. The summed E-state index contributed by atoms with van der Waals surface area (Å²) in [4.78, 5) is 26.9. The van der Waals surface area contributed by atoms with Crippen molar-refractivity contribution in [2.45, 2.75) is 27.2 Å². The number of nitrogens with zero attached hydrogens (tertiary/aromatic N) is 1. The molecular weight excluding hydrogens is 416 g/mol. The van der Waals surface area contributed by atoms with Crippen molar-refractivity contribution in [3.8, 4) is 0 Å². The van der Waals surface area contributed by atoms with Crippen LogP contribution in [-0.4, -0.2) is 18.4 Å². The molecule has 6 heteroatoms. The zero-order valence-electron chi connectivity index (χ0n) is 14.9. The van der Waals surface area contributed by atoms with E-state index >= 15 is 0 Å². The Morgan fingerprint density at radius 2 is 1.96 bits per heavy atom. The summed E-state index contributed by atoms with van der Waals surface area (Å²) in [5, 5.41) is 3.45. The van der Waals surface area contributed by atoms with Crippen molar-refractivity contribution in [3.05, 3.63) is 56.5 Å². The maximum absolute atomic E-state index is 12.7. The molecule has 1 atom stereocenters. The van der Waals surface area contributed by atoms with Crippen LogP contribution in [0.3, 0.4) is 0 Å². The van der Waals surface area contributed by atoms with Crippen molar-refractivity contribution >= 4 is 50.7 Å². The average Bonchev–Trinajstić information content (AvgIpc) is 2.97. The second-order valence-corrected chi connectivity index (χ2v) is 7.96. The van der Waals surface area contributed by atoms with E-state index in [4.69, 9.17) is 11.6 Å². The number of anilines is 2. The molecule has 1 aliphatic heterocycles. The van der Waals surface area contributed by atoms with Crippen molar-refractivity contribution in [2.24, 2.45) is 5.92 Å². The summed E-state index contributed by atoms with van der Waals surface area (Å²) in [7, 11) is 0. The van der Waals surface area contributed by atoms with E-state index in [1.807, 2.05) is 45.0 Å². The zero-order valence-corrected chi connectivity index (χ0v) is 17.2. The van der Waals surface area contributed by atoms with E-state index in [2.05, 4.69) is 21.2 Å². The van der Waals surface area contributed by atoms with E-state index in [1.165, 1.54) is 0 Å². The number of nitrogens with one attached hydrogen (secondary N) is 1. The average molecular weight is 436 g/mol. The fourth-order valence-corrected chi connectivity index (χ4v) is 3.78. The lowest BCUT2D eigenvalue weighted by Crippen LogP contribution is -2.28. The molecule has 2 aromatic rings. The molecule has 0 radical (unpaired) electrons. The molecule has 0 bridgehead atoms. The van der Waals surface area contributed by atoms with Crippen molar-refractivity contribution in [2.75, 3.05) is 16.8 Å². The highest BCUT2D eigenvalue weighted by molar-refractivity contribution is 9.10. The first kappa shape index (κ1) is 18.9. The van der Waals surface area contributed by atoms with Gasteiger partial charge in [-0.05, 0) is 71.6 Å². The molecule has 1 fully saturated rings. The predicted molar refractivity (Wildman–Crippen MR) is 109 cm³/mol. The van der Waals surface area contributed by atoms with Gasteiger partial charge in [-0.1, -0.05) is 23.7 Å². The van der Waals surface area contributed by atoms with Gasteiger partial charge < -0.3 is 10.2 Å². The molecular formula is C20H20BrClN2O2. The van der Waals surface area contributed by atoms with E-state index in [1.54, 1.807) is 11.0 Å². The van der Waals surface area contributed by atoms with Gasteiger partial charge in [0.25, 0.3) is 0 Å². The first-order chi connectivity index (χ1) is 12.3. The monoisotopic (exact) mass is 434 g/mol. The summed E-state index contributed by atoms with van der Waals surface area (Å²) in [6.45, 7) is 6.30. The minimum absolute atomic E-state index is 0.0237. The molecule has 1 aliphatic rings. The van der Waals surface area contributed by atoms with Crippen LogP contribution in [0.25, 0.3) is 0 Å². The summed E-state index contributed by atoms with van der Waals surface area (Å²) in [5.74, 6) is -0.568. The van der Waals surface area contributed by atoms with Crippen LogP contribution in [0.1, 0.15) is 23.1 Å². The van der Waals surface area contributed by atoms with Gasteiger partial charge in [-0.25, -0.2) is 0 Å². The first-order valence-corrected chi connectivity index (χ1v) is 9.58. The zero-order chi connectivity index (χ0) is 19.0. The van der Waals surface area contributed by atoms with Crippen LogP contribution >= 0.6 is 27.5 Å². The quantitative estimate of drug-likeness (QED) is 0.736. The summed E-state index contributed by atoms with van der Waals surface area (Å²) in [5.41, 5.74) is 4.65. The minimum Gasteiger partial charge on any atom is -0.325 e. The van der Waals surface area contributed by atoms with Crippen molar-refractivity contribution < 1.29 is 9.59 Å². The lowest BCUT2D eigenvalue weighted by atomic mass is 10.1. The maximum atomic E-state index is 12.7. The highest BCUT2D eigenvalue weighted by atomic mass is 79.9. The van der Waals surface area contributed by atoms with Crippen molar-refractivity contribution in [1.29, 1.82) is 0 Å². The SMILES string of the molecule is Cc1cc(Br)c(Cl)cc1NC(=O)[C@@H]1CC(=O)N(c2cccc(C)c2C)C1. The van der Waals surface area contributed by atoms with Crippen molar-refractivity contribution in [3.63, 3.8) is 0 Å². The Hall–Kier alpha value is -1.85. The Labute approximate surface area is 166 Å². The van der Waals surface area contributed by atoms with Gasteiger partial charge in [-0.2, -0.15) is 0 Å². The first-order valence-electron chi connectivity index (χ1n) is 8.41. The standard InChI is InChI=1S/C20H20BrClN2O2/c1-11-5-4-6-18(13(11)3)24-10-14(8-19(24)25)20(26)23-17-9-16(22)15(21)7-12(17)2/h4-7,9,14H,8,10H2,1-3H3,(H,23,26)/t14-/m1/s1. The van der Waals surface area contributed by atoms with Crippen LogP contribution in [0.5, 0.6) is 0 Å². The lowest BCUT2D eigenvalue weighted by Gasteiger charge is -2.20. The number of hydrogen-bond donors (Lipinski definition) is 1. The molecule has 0 aromatic heterocycles. The second kappa shape index (κ2) is 7.41. The Kier molecular flexibility index (Phi) is 5.39. The van der Waals surface area contributed by atoms with Gasteiger partial charge in [0.05, 0.1) is 10.9 Å². The molecule has 4 nitrogen and oxygen atoms in total. The van der Waals surface area contributed by atoms with E-state index < -0.39 is 0 Å². The number of carbonyl (C=O) groups excluding carboxylic acids is 2. The van der Waals surface area contributed by atoms with Crippen molar-refractivity contribution in [1.82, 2.24) is 0 Å². The molecule has 0 aliphatic carbocycles. The Bertz CT molecular complexity index is 898. The molecule has 0 spiro atoms. The number of benzene rings is 2. The number of halogens is 2. The normalized spacial score (nSPS) is 16.9. The molecule has 2 amide bonds. The Morgan fingerprint density at radius 3 is 2.69 bits per heavy atom. The van der Waals surface area contributed by atoms with Gasteiger partial charge in [0, 0.05) is 28.8 Å². The topological polar surface area (TPSA) is 49.4 Å². The fourth-order valence-electron chi connectivity index (χ4n) is 3.16. The van der Waals surface area contributed by atoms with Gasteiger partial charge in [0.2, 0.25) is 11.8 Å². The molecule has 0 unspecified atom stereocenters. The van der Waals surface area contributed by atoms with Crippen LogP contribution < -0.4 is 10.2 Å². The van der Waals surface area contributed by atoms with Crippen LogP contribution in [0.2, 0.25) is 5.02 Å². The number of rotatable bonds is 3. The molecule has 26 heavy (non-hydrogen) atoms. The molecule has 1 heterocycles. The lowest BCUT2D eigenvalue weighted by molar-refractivity contribution is -0.122. The third-order valence-corrected chi connectivity index (χ3v) is 6.08. The van der Waals surface area contributed by atoms with E-state index in [9.17, 15) is 9.59 Å². The maximum Gasteiger partial charge on any atom is 0.229 e. The van der Waals surface area contributed by atoms with E-state index in [-0.39, 0.29) is 24.2 Å². The highest BCUT2D eigenvalue weighted by Gasteiger charge is 2.36. The largest absolute Gasteiger partial charge is 0.325 e. The Balaban J connectivity index is 1.77. The number of hydrogen-bond acceptors (Lipinski definition) is 2. The van der Waals surface area contributed by atoms with Crippen LogP contribution in [0.15, 0.2) is 34.8 Å². The van der Waals surface area contributed by atoms with Gasteiger partial charge in [-0.15, -0.1) is 0 Å².